The lowest BCUT2D eigenvalue weighted by atomic mass is 10.2. The van der Waals surface area contributed by atoms with Crippen LogP contribution in [0.4, 0.5) is 4.39 Å². The number of halogens is 1. The van der Waals surface area contributed by atoms with Crippen molar-refractivity contribution in [1.82, 2.24) is 14.9 Å². The van der Waals surface area contributed by atoms with Crippen LogP contribution in [0.15, 0.2) is 53.4 Å². The topological polar surface area (TPSA) is 114 Å². The highest BCUT2D eigenvalue weighted by molar-refractivity contribution is 7.89. The van der Waals surface area contributed by atoms with Gasteiger partial charge in [0.15, 0.2) is 0 Å². The Hall–Kier alpha value is -3.02. The average molecular weight is 451 g/mol. The van der Waals surface area contributed by atoms with Crippen molar-refractivity contribution in [1.29, 1.82) is 0 Å². The number of sulfonamides is 1. The van der Waals surface area contributed by atoms with Crippen molar-refractivity contribution >= 4 is 21.8 Å². The summed E-state index contributed by atoms with van der Waals surface area (Å²) < 4.78 is 50.1. The molecule has 1 atom stereocenters. The minimum absolute atomic E-state index is 0.0733. The second kappa shape index (κ2) is 9.86. The molecule has 0 spiro atoms. The van der Waals surface area contributed by atoms with Crippen LogP contribution < -0.4 is 15.4 Å². The standard InChI is InChI=1S/C20H22FN3O6S/c1-29-16-6-2-14(3-7-16)12-22-19(25)20(26)23-13-18-24(10-11-30-18)31(27,28)17-8-4-15(21)5-9-17/h2-9,18H,10-13H2,1H3,(H,22,25)(H,23,26)/t18-/m1/s1. The van der Waals surface area contributed by atoms with E-state index < -0.39 is 33.9 Å². The summed E-state index contributed by atoms with van der Waals surface area (Å²) in [5, 5.41) is 4.86. The average Bonchev–Trinajstić information content (AvgIpc) is 3.26. The number of ether oxygens (including phenoxy) is 2. The van der Waals surface area contributed by atoms with Gasteiger partial charge in [0.1, 0.15) is 17.8 Å². The summed E-state index contributed by atoms with van der Waals surface area (Å²) in [5.74, 6) is -1.66. The predicted octanol–water partition coefficient (Wildman–Crippen LogP) is 0.614. The van der Waals surface area contributed by atoms with E-state index in [2.05, 4.69) is 10.6 Å². The molecular formula is C20H22FN3O6S. The Bertz CT molecular complexity index is 1030. The van der Waals surface area contributed by atoms with Crippen molar-refractivity contribution in [3.8, 4) is 5.75 Å². The van der Waals surface area contributed by atoms with Gasteiger partial charge in [-0.25, -0.2) is 12.8 Å². The molecule has 2 aromatic rings. The number of nitrogens with one attached hydrogen (secondary N) is 2. The molecule has 0 unspecified atom stereocenters. The van der Waals surface area contributed by atoms with Gasteiger partial charge in [0.05, 0.1) is 25.2 Å². The summed E-state index contributed by atoms with van der Waals surface area (Å²) in [4.78, 5) is 24.0. The lowest BCUT2D eigenvalue weighted by Gasteiger charge is -2.22. The fourth-order valence-corrected chi connectivity index (χ4v) is 4.46. The third-order valence-electron chi connectivity index (χ3n) is 4.62. The van der Waals surface area contributed by atoms with E-state index in [0.717, 1.165) is 34.1 Å². The fraction of sp³-hybridized carbons (Fsp3) is 0.300. The van der Waals surface area contributed by atoms with Crippen molar-refractivity contribution < 1.29 is 31.9 Å². The van der Waals surface area contributed by atoms with E-state index >= 15 is 0 Å². The molecule has 2 aromatic carbocycles. The maximum Gasteiger partial charge on any atom is 0.309 e. The zero-order valence-electron chi connectivity index (χ0n) is 16.7. The van der Waals surface area contributed by atoms with E-state index in [-0.39, 0.29) is 31.1 Å². The lowest BCUT2D eigenvalue weighted by Crippen LogP contribution is -2.47. The van der Waals surface area contributed by atoms with E-state index in [4.69, 9.17) is 9.47 Å². The summed E-state index contributed by atoms with van der Waals surface area (Å²) in [6, 6.07) is 11.4. The number of hydrogen-bond donors (Lipinski definition) is 2. The molecule has 31 heavy (non-hydrogen) atoms. The monoisotopic (exact) mass is 451 g/mol. The van der Waals surface area contributed by atoms with Crippen molar-refractivity contribution in [2.24, 2.45) is 0 Å². The molecule has 1 aliphatic rings. The number of rotatable bonds is 7. The normalized spacial score (nSPS) is 16.6. The largest absolute Gasteiger partial charge is 0.497 e. The summed E-state index contributed by atoms with van der Waals surface area (Å²) in [5.41, 5.74) is 0.776. The Labute approximate surface area is 179 Å². The first kappa shape index (κ1) is 22.7. The van der Waals surface area contributed by atoms with Gasteiger partial charge >= 0.3 is 11.8 Å². The van der Waals surface area contributed by atoms with Gasteiger partial charge in [-0.15, -0.1) is 0 Å². The summed E-state index contributed by atoms with van der Waals surface area (Å²) in [6.07, 6.45) is -0.978. The van der Waals surface area contributed by atoms with Crippen LogP contribution in [-0.4, -0.2) is 57.6 Å². The van der Waals surface area contributed by atoms with E-state index in [1.807, 2.05) is 0 Å². The second-order valence-electron chi connectivity index (χ2n) is 6.64. The van der Waals surface area contributed by atoms with Gasteiger partial charge in [0.25, 0.3) is 0 Å². The summed E-state index contributed by atoms with van der Waals surface area (Å²) in [6.45, 7) is 0.130. The third kappa shape index (κ3) is 5.57. The van der Waals surface area contributed by atoms with Crippen molar-refractivity contribution in [3.63, 3.8) is 0 Å². The van der Waals surface area contributed by atoms with Gasteiger partial charge < -0.3 is 20.1 Å². The van der Waals surface area contributed by atoms with Crippen molar-refractivity contribution in [2.45, 2.75) is 17.7 Å². The zero-order chi connectivity index (χ0) is 22.4. The highest BCUT2D eigenvalue weighted by Crippen LogP contribution is 2.22. The smallest absolute Gasteiger partial charge is 0.309 e. The highest BCUT2D eigenvalue weighted by Gasteiger charge is 2.36. The van der Waals surface area contributed by atoms with Crippen LogP contribution in [0.2, 0.25) is 0 Å². The molecule has 0 aliphatic carbocycles. The van der Waals surface area contributed by atoms with Crippen LogP contribution in [0.5, 0.6) is 5.75 Å². The summed E-state index contributed by atoms with van der Waals surface area (Å²) >= 11 is 0. The van der Waals surface area contributed by atoms with Crippen LogP contribution in [0.1, 0.15) is 5.56 Å². The maximum absolute atomic E-state index is 13.1. The molecule has 166 valence electrons. The molecule has 2 amide bonds. The maximum atomic E-state index is 13.1. The van der Waals surface area contributed by atoms with E-state index in [1.165, 1.54) is 0 Å². The van der Waals surface area contributed by atoms with Crippen LogP contribution in [0.25, 0.3) is 0 Å². The Kier molecular flexibility index (Phi) is 7.21. The molecule has 0 aromatic heterocycles. The van der Waals surface area contributed by atoms with Gasteiger partial charge in [0, 0.05) is 13.1 Å². The van der Waals surface area contributed by atoms with Gasteiger partial charge in [-0.1, -0.05) is 12.1 Å². The Morgan fingerprint density at radius 2 is 1.74 bits per heavy atom. The van der Waals surface area contributed by atoms with E-state index in [1.54, 1.807) is 31.4 Å². The van der Waals surface area contributed by atoms with Crippen molar-refractivity contribution in [2.75, 3.05) is 26.8 Å². The molecular weight excluding hydrogens is 429 g/mol. The molecule has 9 nitrogen and oxygen atoms in total. The fourth-order valence-electron chi connectivity index (χ4n) is 2.95. The number of carbonyl (C=O) groups excluding carboxylic acids is 2. The Morgan fingerprint density at radius 3 is 2.39 bits per heavy atom. The molecule has 1 heterocycles. The van der Waals surface area contributed by atoms with E-state index in [0.29, 0.717) is 5.75 Å². The van der Waals surface area contributed by atoms with Crippen LogP contribution >= 0.6 is 0 Å². The van der Waals surface area contributed by atoms with Gasteiger partial charge in [-0.2, -0.15) is 4.31 Å². The predicted molar refractivity (Wildman–Crippen MR) is 108 cm³/mol. The number of hydrogen-bond acceptors (Lipinski definition) is 6. The lowest BCUT2D eigenvalue weighted by molar-refractivity contribution is -0.139. The molecule has 3 rings (SSSR count). The number of carbonyl (C=O) groups is 2. The number of benzene rings is 2. The van der Waals surface area contributed by atoms with Crippen LogP contribution in [0.3, 0.4) is 0 Å². The van der Waals surface area contributed by atoms with E-state index in [9.17, 15) is 22.4 Å². The Morgan fingerprint density at radius 1 is 1.10 bits per heavy atom. The second-order valence-corrected chi connectivity index (χ2v) is 8.53. The molecule has 0 radical (unpaired) electrons. The molecule has 0 saturated carbocycles. The van der Waals surface area contributed by atoms with Crippen molar-refractivity contribution in [3.05, 3.63) is 59.9 Å². The number of methoxy groups -OCH3 is 1. The van der Waals surface area contributed by atoms with Crippen LogP contribution in [-0.2, 0) is 30.9 Å². The Balaban J connectivity index is 1.53. The first-order valence-electron chi connectivity index (χ1n) is 9.39. The number of amides is 2. The van der Waals surface area contributed by atoms with Gasteiger partial charge in [-0.3, -0.25) is 9.59 Å². The molecule has 2 N–H and O–H groups in total. The third-order valence-corrected chi connectivity index (χ3v) is 6.52. The quantitative estimate of drug-likeness (QED) is 0.597. The van der Waals surface area contributed by atoms with Crippen LogP contribution in [0, 0.1) is 5.82 Å². The SMILES string of the molecule is COc1ccc(CNC(=O)C(=O)NC[C@H]2OCCN2S(=O)(=O)c2ccc(F)cc2)cc1. The molecule has 11 heteroatoms. The molecule has 1 aliphatic heterocycles. The molecule has 0 bridgehead atoms. The highest BCUT2D eigenvalue weighted by atomic mass is 32.2. The number of nitrogens with zero attached hydrogens (tertiary/aromatic N) is 1. The molecule has 1 fully saturated rings. The first-order valence-corrected chi connectivity index (χ1v) is 10.8. The molecule has 1 saturated heterocycles. The first-order chi connectivity index (χ1) is 14.8. The van der Waals surface area contributed by atoms with Gasteiger partial charge in [-0.05, 0) is 42.0 Å². The van der Waals surface area contributed by atoms with Gasteiger partial charge in [0.2, 0.25) is 10.0 Å². The minimum atomic E-state index is -3.95. The minimum Gasteiger partial charge on any atom is -0.497 e. The summed E-state index contributed by atoms with van der Waals surface area (Å²) in [7, 11) is -2.40. The zero-order valence-corrected chi connectivity index (χ0v) is 17.5.